The molecule has 0 aliphatic carbocycles. The number of ether oxygens (including phenoxy) is 1. The average Bonchev–Trinajstić information content (AvgIpc) is 2.92. The molecule has 0 saturated heterocycles. The van der Waals surface area contributed by atoms with Crippen LogP contribution in [0.4, 0.5) is 4.79 Å². The van der Waals surface area contributed by atoms with Gasteiger partial charge in [0, 0.05) is 13.1 Å². The van der Waals surface area contributed by atoms with Crippen molar-refractivity contribution in [2.24, 2.45) is 0 Å². The lowest BCUT2D eigenvalue weighted by atomic mass is 10.0. The fourth-order valence-corrected chi connectivity index (χ4v) is 5.45. The van der Waals surface area contributed by atoms with E-state index in [9.17, 15) is 24.9 Å². The number of carbonyl (C=O) groups is 2. The number of alkyl carbamates (subject to hydrolysis) is 1. The number of hydrogen-bond donors (Lipinski definition) is 4. The van der Waals surface area contributed by atoms with E-state index in [0.717, 1.165) is 44.9 Å². The van der Waals surface area contributed by atoms with E-state index in [0.29, 0.717) is 32.5 Å². The summed E-state index contributed by atoms with van der Waals surface area (Å²) in [5.74, 6) is -1.08. The minimum atomic E-state index is -1.08. The molecule has 0 unspecified atom stereocenters. The van der Waals surface area contributed by atoms with Gasteiger partial charge in [-0.05, 0) is 59.4 Å². The third-order valence-corrected chi connectivity index (χ3v) is 7.93. The van der Waals surface area contributed by atoms with E-state index < -0.39 is 35.9 Å². The lowest BCUT2D eigenvalue weighted by Crippen LogP contribution is -2.43. The molecule has 1 amide bonds. The summed E-state index contributed by atoms with van der Waals surface area (Å²) in [5, 5.41) is 33.6. The molecule has 43 heavy (non-hydrogen) atoms. The molecule has 0 aromatic carbocycles. The highest BCUT2D eigenvalue weighted by Gasteiger charge is 2.24. The lowest BCUT2D eigenvalue weighted by Gasteiger charge is -2.28. The first-order valence-corrected chi connectivity index (χ1v) is 17.8. The number of amides is 1. The predicted molar refractivity (Wildman–Crippen MR) is 178 cm³/mol. The van der Waals surface area contributed by atoms with Crippen molar-refractivity contribution in [2.45, 2.75) is 193 Å². The molecule has 0 spiro atoms. The molecule has 4 N–H and O–H groups in total. The molecular formula is C35H70N2O6. The molecule has 0 aliphatic heterocycles. The Kier molecular flexibility index (Phi) is 26.1. The highest BCUT2D eigenvalue weighted by atomic mass is 16.6. The molecule has 0 fully saturated rings. The van der Waals surface area contributed by atoms with Crippen LogP contribution in [0.15, 0.2) is 0 Å². The number of carbonyl (C=O) groups excluding carboxylic acids is 1. The summed E-state index contributed by atoms with van der Waals surface area (Å²) in [4.78, 5) is 25.9. The number of unbranched alkanes of at least 4 members (excludes halogenated alkanes) is 15. The second-order valence-corrected chi connectivity index (χ2v) is 13.6. The van der Waals surface area contributed by atoms with Gasteiger partial charge in [0.2, 0.25) is 0 Å². The molecule has 0 heterocycles. The Morgan fingerprint density at radius 1 is 0.651 bits per heavy atom. The van der Waals surface area contributed by atoms with Crippen molar-refractivity contribution in [2.75, 3.05) is 19.6 Å². The van der Waals surface area contributed by atoms with Crippen LogP contribution in [0.25, 0.3) is 0 Å². The third kappa shape index (κ3) is 27.9. The van der Waals surface area contributed by atoms with Gasteiger partial charge in [-0.2, -0.15) is 0 Å². The van der Waals surface area contributed by atoms with Crippen LogP contribution in [-0.2, 0) is 9.53 Å². The second-order valence-electron chi connectivity index (χ2n) is 13.6. The van der Waals surface area contributed by atoms with Gasteiger partial charge in [-0.3, -0.25) is 4.90 Å². The maximum absolute atomic E-state index is 12.1. The summed E-state index contributed by atoms with van der Waals surface area (Å²) < 4.78 is 5.21. The number of carboxylic acid groups (broad SMARTS) is 1. The summed E-state index contributed by atoms with van der Waals surface area (Å²) in [7, 11) is 0. The van der Waals surface area contributed by atoms with E-state index >= 15 is 0 Å². The Balaban J connectivity index is 4.67. The van der Waals surface area contributed by atoms with Gasteiger partial charge in [0.05, 0.1) is 12.2 Å². The number of aliphatic hydroxyl groups excluding tert-OH is 2. The molecule has 0 bridgehead atoms. The smallest absolute Gasteiger partial charge is 0.408 e. The van der Waals surface area contributed by atoms with Crippen LogP contribution in [0, 0.1) is 0 Å². The summed E-state index contributed by atoms with van der Waals surface area (Å²) in [5.41, 5.74) is -0.696. The minimum Gasteiger partial charge on any atom is -0.480 e. The van der Waals surface area contributed by atoms with Crippen molar-refractivity contribution in [1.29, 1.82) is 0 Å². The topological polar surface area (TPSA) is 119 Å². The first kappa shape index (κ1) is 41.6. The van der Waals surface area contributed by atoms with Crippen molar-refractivity contribution in [3.05, 3.63) is 0 Å². The molecular weight excluding hydrogens is 544 g/mol. The molecule has 256 valence electrons. The van der Waals surface area contributed by atoms with Gasteiger partial charge in [0.1, 0.15) is 11.6 Å². The molecule has 0 radical (unpaired) electrons. The standard InChI is InChI=1S/C35H70N2O6/c1-6-8-10-12-14-16-18-20-24-30(38)28-37(29-31(39)25-21-19-17-15-13-11-9-7-2)27-23-22-26-32(33(40)41)36-34(42)43-35(3,4)5/h30-32,38-39H,6-29H2,1-5H3,(H,36,42)(H,40,41)/t30-,31+,32-/m0/s1. The van der Waals surface area contributed by atoms with Crippen molar-refractivity contribution >= 4 is 12.1 Å². The van der Waals surface area contributed by atoms with Gasteiger partial charge in [0.15, 0.2) is 0 Å². The summed E-state index contributed by atoms with van der Waals surface area (Å²) >= 11 is 0. The van der Waals surface area contributed by atoms with Gasteiger partial charge in [0.25, 0.3) is 0 Å². The molecule has 0 saturated carbocycles. The SMILES string of the molecule is CCCCCCCCCC[C@@H](O)CN(CCCC[C@H](NC(=O)OC(C)(C)C)C(=O)O)C[C@@H](O)CCCCCCCCCC. The highest BCUT2D eigenvalue weighted by molar-refractivity contribution is 5.79. The first-order chi connectivity index (χ1) is 20.5. The van der Waals surface area contributed by atoms with E-state index in [1.807, 2.05) is 0 Å². The monoisotopic (exact) mass is 615 g/mol. The van der Waals surface area contributed by atoms with E-state index in [4.69, 9.17) is 4.74 Å². The maximum atomic E-state index is 12.1. The number of nitrogens with one attached hydrogen (secondary N) is 1. The number of nitrogens with zero attached hydrogens (tertiary/aromatic N) is 1. The van der Waals surface area contributed by atoms with Gasteiger partial charge in [-0.25, -0.2) is 9.59 Å². The van der Waals surface area contributed by atoms with Crippen LogP contribution in [0.1, 0.15) is 169 Å². The van der Waals surface area contributed by atoms with E-state index in [-0.39, 0.29) is 0 Å². The number of aliphatic carboxylic acids is 1. The van der Waals surface area contributed by atoms with E-state index in [1.165, 1.54) is 77.0 Å². The maximum Gasteiger partial charge on any atom is 0.408 e. The van der Waals surface area contributed by atoms with Crippen LogP contribution in [0.5, 0.6) is 0 Å². The molecule has 8 heteroatoms. The summed E-state index contributed by atoms with van der Waals surface area (Å²) in [6.45, 7) is 11.4. The Bertz CT molecular complexity index is 641. The van der Waals surface area contributed by atoms with Crippen LogP contribution >= 0.6 is 0 Å². The Morgan fingerprint density at radius 3 is 1.44 bits per heavy atom. The molecule has 0 aliphatic rings. The normalized spacial score (nSPS) is 14.0. The van der Waals surface area contributed by atoms with E-state index in [1.54, 1.807) is 20.8 Å². The predicted octanol–water partition coefficient (Wildman–Crippen LogP) is 8.22. The Hall–Kier alpha value is -1.38. The number of carboxylic acids is 1. The second kappa shape index (κ2) is 27.0. The van der Waals surface area contributed by atoms with Crippen molar-refractivity contribution in [1.82, 2.24) is 10.2 Å². The van der Waals surface area contributed by atoms with E-state index in [2.05, 4.69) is 24.1 Å². The van der Waals surface area contributed by atoms with Crippen molar-refractivity contribution < 1.29 is 29.6 Å². The average molecular weight is 615 g/mol. The highest BCUT2D eigenvalue weighted by Crippen LogP contribution is 2.15. The molecule has 0 rings (SSSR count). The zero-order chi connectivity index (χ0) is 32.3. The molecule has 3 atom stereocenters. The summed E-state index contributed by atoms with van der Waals surface area (Å²) in [6, 6.07) is -1.01. The Morgan fingerprint density at radius 2 is 1.05 bits per heavy atom. The fraction of sp³-hybridized carbons (Fsp3) is 0.943. The van der Waals surface area contributed by atoms with Crippen LogP contribution in [-0.4, -0.2) is 75.8 Å². The summed E-state index contributed by atoms with van der Waals surface area (Å²) in [6.07, 6.45) is 21.3. The third-order valence-electron chi connectivity index (χ3n) is 7.93. The number of rotatable bonds is 29. The largest absolute Gasteiger partial charge is 0.480 e. The number of aliphatic hydroxyl groups is 2. The Labute approximate surface area is 264 Å². The van der Waals surface area contributed by atoms with Gasteiger partial charge < -0.3 is 25.4 Å². The van der Waals surface area contributed by atoms with Crippen LogP contribution < -0.4 is 5.32 Å². The zero-order valence-corrected chi connectivity index (χ0v) is 28.7. The number of hydrogen-bond acceptors (Lipinski definition) is 6. The fourth-order valence-electron chi connectivity index (χ4n) is 5.45. The zero-order valence-electron chi connectivity index (χ0n) is 28.7. The van der Waals surface area contributed by atoms with Gasteiger partial charge in [-0.15, -0.1) is 0 Å². The minimum absolute atomic E-state index is 0.296. The van der Waals surface area contributed by atoms with Crippen molar-refractivity contribution in [3.63, 3.8) is 0 Å². The van der Waals surface area contributed by atoms with Gasteiger partial charge >= 0.3 is 12.1 Å². The molecule has 0 aromatic heterocycles. The van der Waals surface area contributed by atoms with Crippen LogP contribution in [0.2, 0.25) is 0 Å². The van der Waals surface area contributed by atoms with Gasteiger partial charge in [-0.1, -0.05) is 117 Å². The van der Waals surface area contributed by atoms with Crippen molar-refractivity contribution in [3.8, 4) is 0 Å². The quantitative estimate of drug-likeness (QED) is 0.0627. The first-order valence-electron chi connectivity index (χ1n) is 17.8. The lowest BCUT2D eigenvalue weighted by molar-refractivity contribution is -0.139. The molecule has 8 nitrogen and oxygen atoms in total. The molecule has 0 aromatic rings. The van der Waals surface area contributed by atoms with Crippen LogP contribution in [0.3, 0.4) is 0 Å².